The maximum atomic E-state index is 13.8. The van der Waals surface area contributed by atoms with Crippen molar-refractivity contribution in [2.75, 3.05) is 44.3 Å². The van der Waals surface area contributed by atoms with Gasteiger partial charge in [-0.25, -0.2) is 9.97 Å². The van der Waals surface area contributed by atoms with E-state index in [1.165, 1.54) is 5.56 Å². The topological polar surface area (TPSA) is 120 Å². The minimum absolute atomic E-state index is 0.0326. The summed E-state index contributed by atoms with van der Waals surface area (Å²) in [7, 11) is 0. The first-order chi connectivity index (χ1) is 22.9. The Morgan fingerprint density at radius 3 is 2.49 bits per heavy atom. The highest BCUT2D eigenvalue weighted by Crippen LogP contribution is 2.36. The van der Waals surface area contributed by atoms with Crippen molar-refractivity contribution in [3.8, 4) is 22.6 Å². The zero-order valence-corrected chi connectivity index (χ0v) is 27.5. The number of hydrogen-bond acceptors (Lipinski definition) is 8. The third-order valence-corrected chi connectivity index (χ3v) is 10.8. The Labute approximate surface area is 278 Å². The van der Waals surface area contributed by atoms with Crippen molar-refractivity contribution in [3.05, 3.63) is 90.5 Å². The molecule has 5 heterocycles. The van der Waals surface area contributed by atoms with Crippen molar-refractivity contribution in [2.45, 2.75) is 36.9 Å². The molecule has 0 saturated carbocycles. The lowest BCUT2D eigenvalue weighted by atomic mass is 9.89. The van der Waals surface area contributed by atoms with Gasteiger partial charge in [0.2, 0.25) is 11.8 Å². The first-order valence-electron chi connectivity index (χ1n) is 16.1. The minimum atomic E-state index is -0.624. The fraction of sp³-hybridized carbons (Fsp3) is 0.333. The van der Waals surface area contributed by atoms with E-state index < -0.39 is 4.75 Å². The second-order valence-corrected chi connectivity index (χ2v) is 13.7. The van der Waals surface area contributed by atoms with E-state index in [0.717, 1.165) is 70.9 Å². The highest BCUT2D eigenvalue weighted by Gasteiger charge is 2.45. The van der Waals surface area contributed by atoms with E-state index in [9.17, 15) is 9.59 Å². The van der Waals surface area contributed by atoms with Crippen LogP contribution in [0.2, 0.25) is 0 Å². The lowest BCUT2D eigenvalue weighted by Gasteiger charge is -2.33. The van der Waals surface area contributed by atoms with Crippen LogP contribution in [-0.2, 0) is 9.59 Å². The number of H-pyrrole nitrogens is 1. The number of nitrogens with one attached hydrogen (secondary N) is 2. The molecular weight excluding hydrogens is 609 g/mol. The molecule has 2 aliphatic rings. The molecule has 0 spiro atoms. The number of aromatic nitrogens is 5. The number of aromatic amines is 1. The van der Waals surface area contributed by atoms with Crippen LogP contribution >= 0.6 is 11.8 Å². The van der Waals surface area contributed by atoms with Gasteiger partial charge in [-0.1, -0.05) is 24.3 Å². The van der Waals surface area contributed by atoms with Crippen LogP contribution in [0.3, 0.4) is 0 Å². The first kappa shape index (κ1) is 31.0. The summed E-state index contributed by atoms with van der Waals surface area (Å²) in [5.41, 5.74) is 6.64. The van der Waals surface area contributed by atoms with Crippen LogP contribution in [0.25, 0.3) is 33.5 Å². The molecule has 1 atom stereocenters. The first-order valence-corrected chi connectivity index (χ1v) is 17.3. The van der Waals surface area contributed by atoms with Crippen molar-refractivity contribution in [3.63, 3.8) is 0 Å². The lowest BCUT2D eigenvalue weighted by Crippen LogP contribution is -2.46. The Morgan fingerprint density at radius 2 is 1.74 bits per heavy atom. The molecule has 2 saturated heterocycles. The van der Waals surface area contributed by atoms with Crippen molar-refractivity contribution in [2.24, 2.45) is 0 Å². The molecule has 2 N–H and O–H groups in total. The Balaban J connectivity index is 0.941. The lowest BCUT2D eigenvalue weighted by molar-refractivity contribution is -0.133. The molecule has 5 aromatic rings. The number of pyridine rings is 1. The molecule has 2 aliphatic heterocycles. The largest absolute Gasteiger partial charge is 0.342 e. The summed E-state index contributed by atoms with van der Waals surface area (Å²) in [5, 5.41) is 11.7. The summed E-state index contributed by atoms with van der Waals surface area (Å²) in [6.07, 6.45) is 9.84. The predicted octanol–water partition coefficient (Wildman–Crippen LogP) is 5.54. The molecule has 2 aromatic carbocycles. The van der Waals surface area contributed by atoms with E-state index in [1.54, 1.807) is 30.4 Å². The van der Waals surface area contributed by atoms with Crippen LogP contribution < -0.4 is 5.32 Å². The van der Waals surface area contributed by atoms with Crippen molar-refractivity contribution in [1.82, 2.24) is 34.9 Å². The third-order valence-electron chi connectivity index (χ3n) is 9.52. The number of rotatable bonds is 8. The van der Waals surface area contributed by atoms with E-state index in [0.29, 0.717) is 32.0 Å². The van der Waals surface area contributed by atoms with Gasteiger partial charge >= 0.3 is 0 Å². The molecule has 240 valence electrons. The van der Waals surface area contributed by atoms with Gasteiger partial charge in [-0.2, -0.15) is 5.10 Å². The Hall–Kier alpha value is -4.61. The number of benzene rings is 2. The Morgan fingerprint density at radius 1 is 0.957 bits per heavy atom. The van der Waals surface area contributed by atoms with Gasteiger partial charge in [0.15, 0.2) is 5.82 Å². The van der Waals surface area contributed by atoms with Gasteiger partial charge in [-0.15, -0.1) is 11.8 Å². The van der Waals surface area contributed by atoms with Gasteiger partial charge in [0.05, 0.1) is 12.1 Å². The molecule has 11 heteroatoms. The smallest absolute Gasteiger partial charge is 0.241 e. The van der Waals surface area contributed by atoms with Crippen molar-refractivity contribution in [1.29, 1.82) is 0 Å². The normalized spacial score (nSPS) is 18.9. The van der Waals surface area contributed by atoms with Crippen molar-refractivity contribution < 1.29 is 9.59 Å². The molecule has 0 unspecified atom stereocenters. The summed E-state index contributed by atoms with van der Waals surface area (Å²) in [4.78, 5) is 44.2. The monoisotopic (exact) mass is 646 g/mol. The number of hydrogen-bond donors (Lipinski definition) is 2. The molecule has 47 heavy (non-hydrogen) atoms. The fourth-order valence-corrected chi connectivity index (χ4v) is 7.64. The quantitative estimate of drug-likeness (QED) is 0.226. The molecular formula is C36H38N8O2S. The summed E-state index contributed by atoms with van der Waals surface area (Å²) in [6, 6.07) is 20.1. The van der Waals surface area contributed by atoms with Crippen LogP contribution in [0.4, 0.5) is 5.69 Å². The van der Waals surface area contributed by atoms with E-state index in [-0.39, 0.29) is 11.8 Å². The zero-order valence-electron chi connectivity index (χ0n) is 26.6. The van der Waals surface area contributed by atoms with Crippen LogP contribution in [0.15, 0.2) is 79.3 Å². The van der Waals surface area contributed by atoms with Gasteiger partial charge in [0.1, 0.15) is 10.4 Å². The average molecular weight is 647 g/mol. The molecule has 0 bridgehead atoms. The van der Waals surface area contributed by atoms with Gasteiger partial charge < -0.3 is 10.2 Å². The molecule has 2 fully saturated rings. The Bertz CT molecular complexity index is 1890. The maximum Gasteiger partial charge on any atom is 0.241 e. The number of likely N-dealkylation sites (tertiary alicyclic amines) is 2. The van der Waals surface area contributed by atoms with Gasteiger partial charge in [0.25, 0.3) is 0 Å². The molecule has 0 aliphatic carbocycles. The summed E-state index contributed by atoms with van der Waals surface area (Å²) in [6.45, 7) is 5.02. The predicted molar refractivity (Wildman–Crippen MR) is 186 cm³/mol. The number of anilines is 1. The zero-order chi connectivity index (χ0) is 32.4. The van der Waals surface area contributed by atoms with Gasteiger partial charge in [-0.05, 0) is 80.3 Å². The fourth-order valence-electron chi connectivity index (χ4n) is 6.79. The van der Waals surface area contributed by atoms with Crippen LogP contribution in [0.5, 0.6) is 0 Å². The molecule has 7 rings (SSSR count). The SMILES string of the molecule is CS[C@@]1(C(=O)Nc2ccc3[nH]nc(-c4ccnc(C)c4)c3c2)CCN(CC(=O)N2CCC(c3ccc(-c4ncccn4)cc3)CC2)C1. The molecule has 0 radical (unpaired) electrons. The van der Waals surface area contributed by atoms with E-state index in [2.05, 4.69) is 59.6 Å². The van der Waals surface area contributed by atoms with E-state index >= 15 is 0 Å². The summed E-state index contributed by atoms with van der Waals surface area (Å²) < 4.78 is -0.624. The molecule has 2 amide bonds. The third kappa shape index (κ3) is 6.50. The standard InChI is InChI=1S/C36H38N8O2S/c1-24-20-28(10-16-37-24)33-30-21-29(8-9-31(30)41-42-33)40-35(46)36(47-2)13-19-43(23-36)22-32(45)44-17-11-26(12-18-44)25-4-6-27(7-5-25)34-38-14-3-15-39-34/h3-10,14-16,20-21,26H,11-13,17-19,22-23H2,1-2H3,(H,40,46)(H,41,42)/t36-/m0/s1. The maximum absolute atomic E-state index is 13.8. The number of fused-ring (bicyclic) bond motifs is 1. The average Bonchev–Trinajstić information content (AvgIpc) is 3.73. The minimum Gasteiger partial charge on any atom is -0.342 e. The number of carbonyl (C=O) groups excluding carboxylic acids is 2. The second-order valence-electron chi connectivity index (χ2n) is 12.5. The van der Waals surface area contributed by atoms with Crippen LogP contribution in [0, 0.1) is 6.92 Å². The Kier molecular flexibility index (Phi) is 8.74. The van der Waals surface area contributed by atoms with Crippen LogP contribution in [-0.4, -0.2) is 90.5 Å². The summed E-state index contributed by atoms with van der Waals surface area (Å²) >= 11 is 1.57. The second kappa shape index (κ2) is 13.2. The van der Waals surface area contributed by atoms with Crippen LogP contribution in [0.1, 0.15) is 36.4 Å². The number of carbonyl (C=O) groups is 2. The number of piperidine rings is 1. The molecule has 10 nitrogen and oxygen atoms in total. The number of aryl methyl sites for hydroxylation is 1. The van der Waals surface area contributed by atoms with Gasteiger partial charge in [0, 0.05) is 72.7 Å². The van der Waals surface area contributed by atoms with Gasteiger partial charge in [-0.3, -0.25) is 24.6 Å². The molecule has 3 aromatic heterocycles. The highest BCUT2D eigenvalue weighted by molar-refractivity contribution is 8.00. The number of amides is 2. The summed E-state index contributed by atoms with van der Waals surface area (Å²) in [5.74, 6) is 1.26. The number of nitrogens with zero attached hydrogens (tertiary/aromatic N) is 6. The van der Waals surface area contributed by atoms with Crippen molar-refractivity contribution >= 4 is 40.2 Å². The highest BCUT2D eigenvalue weighted by atomic mass is 32.2. The van der Waals surface area contributed by atoms with E-state index in [1.807, 2.05) is 54.5 Å². The van der Waals surface area contributed by atoms with E-state index in [4.69, 9.17) is 0 Å². The number of thioether (sulfide) groups is 1.